The largest absolute Gasteiger partial charge is 0.407 e. The lowest BCUT2D eigenvalue weighted by Crippen LogP contribution is -2.02. The molecule has 10 heavy (non-hydrogen) atoms. The monoisotopic (exact) mass is 136 g/mol. The molecule has 1 rings (SSSR count). The molecule has 0 aromatic carbocycles. The molecule has 0 amide bonds. The van der Waals surface area contributed by atoms with Gasteiger partial charge in [-0.2, -0.15) is 0 Å². The molecule has 3 heteroatoms. The predicted molar refractivity (Wildman–Crippen MR) is 35.2 cm³/mol. The van der Waals surface area contributed by atoms with Gasteiger partial charge in [-0.05, 0) is 6.07 Å². The molecular weight excluding hydrogens is 130 g/mol. The van der Waals surface area contributed by atoms with Crippen molar-refractivity contribution in [2.24, 2.45) is 0 Å². The van der Waals surface area contributed by atoms with E-state index in [1.807, 2.05) is 0 Å². The average molecular weight is 136 g/mol. The lowest BCUT2D eigenvalue weighted by molar-refractivity contribution is -0.129. The zero-order valence-corrected chi connectivity index (χ0v) is 5.28. The molecule has 0 bridgehead atoms. The van der Waals surface area contributed by atoms with Gasteiger partial charge in [-0.3, -0.25) is 4.79 Å². The molecule has 1 aromatic heterocycles. The first-order valence-corrected chi connectivity index (χ1v) is 2.74. The smallest absolute Gasteiger partial charge is 0.313 e. The van der Waals surface area contributed by atoms with Crippen molar-refractivity contribution in [1.29, 1.82) is 0 Å². The molecule has 1 heterocycles. The van der Waals surface area contributed by atoms with Gasteiger partial charge >= 0.3 is 5.97 Å². The molecule has 0 saturated carbocycles. The number of carbonyl (C=O) groups is 1. The lowest BCUT2D eigenvalue weighted by atomic mass is 10.5. The summed E-state index contributed by atoms with van der Waals surface area (Å²) in [4.78, 5) is 14.0. The first-order valence-electron chi connectivity index (χ1n) is 2.74. The van der Waals surface area contributed by atoms with Crippen molar-refractivity contribution in [3.63, 3.8) is 0 Å². The third-order valence-corrected chi connectivity index (χ3v) is 0.856. The van der Waals surface area contributed by atoms with Crippen molar-refractivity contribution in [2.45, 2.75) is 0 Å². The van der Waals surface area contributed by atoms with Gasteiger partial charge < -0.3 is 4.74 Å². The van der Waals surface area contributed by atoms with E-state index in [2.05, 4.69) is 16.6 Å². The van der Waals surface area contributed by atoms with E-state index < -0.39 is 5.97 Å². The number of nitrogens with zero attached hydrogens (tertiary/aromatic N) is 1. The summed E-state index contributed by atoms with van der Waals surface area (Å²) in [5.74, 6) is -0.318. The van der Waals surface area contributed by atoms with Crippen LogP contribution in [0.15, 0.2) is 24.4 Å². The summed E-state index contributed by atoms with van der Waals surface area (Å²) in [6.45, 7) is 3.03. The summed E-state index contributed by atoms with van der Waals surface area (Å²) in [5, 5.41) is 0. The Balaban J connectivity index is 2.67. The van der Waals surface area contributed by atoms with Crippen molar-refractivity contribution in [2.75, 3.05) is 0 Å². The molecule has 0 atom stereocenters. The average Bonchev–Trinajstić information content (AvgIpc) is 1.88. The highest BCUT2D eigenvalue weighted by Crippen LogP contribution is 2.02. The first kappa shape index (κ1) is 6.74. The van der Waals surface area contributed by atoms with Crippen LogP contribution >= 0.6 is 0 Å². The Labute approximate surface area is 58.7 Å². The highest BCUT2D eigenvalue weighted by molar-refractivity contribution is 5.75. The molecule has 0 N–H and O–H groups in total. The fourth-order valence-corrected chi connectivity index (χ4v) is 0.524. The van der Waals surface area contributed by atoms with Gasteiger partial charge in [-0.25, -0.2) is 4.98 Å². The summed E-state index contributed by atoms with van der Waals surface area (Å²) >= 11 is 0. The van der Waals surface area contributed by atoms with Gasteiger partial charge in [0.25, 0.3) is 0 Å². The van der Waals surface area contributed by atoms with Crippen LogP contribution in [0.1, 0.15) is 0 Å². The summed E-state index contributed by atoms with van der Waals surface area (Å²) in [6, 6.07) is 5.05. The topological polar surface area (TPSA) is 39.2 Å². The van der Waals surface area contributed by atoms with Gasteiger partial charge in [0.1, 0.15) is 0 Å². The van der Waals surface area contributed by atoms with E-state index in [0.29, 0.717) is 0 Å². The number of ether oxygens (including phenoxy) is 1. The third-order valence-electron chi connectivity index (χ3n) is 0.856. The van der Waals surface area contributed by atoms with Gasteiger partial charge in [-0.15, -0.1) is 0 Å². The summed E-state index contributed by atoms with van der Waals surface area (Å²) < 4.78 is 4.55. The van der Waals surface area contributed by atoms with E-state index in [1.54, 1.807) is 18.2 Å². The van der Waals surface area contributed by atoms with Crippen LogP contribution in [0.25, 0.3) is 0 Å². The van der Waals surface area contributed by atoms with Crippen molar-refractivity contribution in [3.8, 4) is 5.88 Å². The molecule has 0 unspecified atom stereocenters. The lowest BCUT2D eigenvalue weighted by Gasteiger charge is -1.95. The van der Waals surface area contributed by atoms with Gasteiger partial charge in [-0.1, -0.05) is 6.07 Å². The molecule has 0 aliphatic rings. The molecule has 1 radical (unpaired) electrons. The van der Waals surface area contributed by atoms with E-state index in [9.17, 15) is 4.79 Å². The minimum Gasteiger partial charge on any atom is -0.407 e. The second kappa shape index (κ2) is 2.96. The summed E-state index contributed by atoms with van der Waals surface area (Å²) in [5.41, 5.74) is 0. The van der Waals surface area contributed by atoms with Crippen LogP contribution in [-0.2, 0) is 4.79 Å². The molecule has 0 aliphatic heterocycles. The van der Waals surface area contributed by atoms with Crippen LogP contribution in [0.2, 0.25) is 0 Å². The van der Waals surface area contributed by atoms with Gasteiger partial charge in [0.2, 0.25) is 5.88 Å². The zero-order valence-electron chi connectivity index (χ0n) is 5.28. The molecule has 0 aliphatic carbocycles. The number of hydrogen-bond acceptors (Lipinski definition) is 3. The number of aromatic nitrogens is 1. The molecular formula is C7H6NO2. The van der Waals surface area contributed by atoms with Gasteiger partial charge in [0, 0.05) is 12.3 Å². The van der Waals surface area contributed by atoms with Crippen molar-refractivity contribution in [1.82, 2.24) is 4.98 Å². The Morgan fingerprint density at radius 2 is 2.40 bits per heavy atom. The highest BCUT2D eigenvalue weighted by atomic mass is 16.5. The number of esters is 1. The van der Waals surface area contributed by atoms with Gasteiger partial charge in [0.05, 0.1) is 6.92 Å². The maximum atomic E-state index is 10.2. The van der Waals surface area contributed by atoms with Crippen LogP contribution in [0.3, 0.4) is 0 Å². The molecule has 0 fully saturated rings. The Bertz CT molecular complexity index is 220. The van der Waals surface area contributed by atoms with Crippen LogP contribution < -0.4 is 4.74 Å². The number of hydrogen-bond donors (Lipinski definition) is 0. The molecule has 0 spiro atoms. The Morgan fingerprint density at radius 3 is 2.90 bits per heavy atom. The Hall–Kier alpha value is -1.38. The van der Waals surface area contributed by atoms with Crippen LogP contribution in [0.4, 0.5) is 0 Å². The highest BCUT2D eigenvalue weighted by Gasteiger charge is 1.94. The van der Waals surface area contributed by atoms with Gasteiger partial charge in [0.15, 0.2) is 0 Å². The maximum absolute atomic E-state index is 10.2. The van der Waals surface area contributed by atoms with Crippen molar-refractivity contribution < 1.29 is 9.53 Å². The van der Waals surface area contributed by atoms with E-state index in [-0.39, 0.29) is 5.88 Å². The Kier molecular flexibility index (Phi) is 1.99. The predicted octanol–water partition coefficient (Wildman–Crippen LogP) is 0.821. The zero-order chi connectivity index (χ0) is 7.40. The van der Waals surface area contributed by atoms with E-state index in [4.69, 9.17) is 0 Å². The minimum absolute atomic E-state index is 0.280. The second-order valence-electron chi connectivity index (χ2n) is 1.64. The maximum Gasteiger partial charge on any atom is 0.313 e. The fourth-order valence-electron chi connectivity index (χ4n) is 0.524. The van der Waals surface area contributed by atoms with Crippen LogP contribution in [0, 0.1) is 6.92 Å². The molecule has 0 saturated heterocycles. The fraction of sp³-hybridized carbons (Fsp3) is 0. The van der Waals surface area contributed by atoms with Crippen LogP contribution in [0.5, 0.6) is 5.88 Å². The van der Waals surface area contributed by atoms with E-state index in [0.717, 1.165) is 0 Å². The molecule has 51 valence electrons. The minimum atomic E-state index is -0.598. The SMILES string of the molecule is [CH2]C(=O)Oc1ccccn1. The number of rotatable bonds is 1. The van der Waals surface area contributed by atoms with Crippen LogP contribution in [-0.4, -0.2) is 11.0 Å². The molecule has 3 nitrogen and oxygen atoms in total. The van der Waals surface area contributed by atoms with E-state index >= 15 is 0 Å². The van der Waals surface area contributed by atoms with E-state index in [1.165, 1.54) is 6.20 Å². The van der Waals surface area contributed by atoms with Crippen molar-refractivity contribution >= 4 is 5.97 Å². The van der Waals surface area contributed by atoms with Crippen molar-refractivity contribution in [3.05, 3.63) is 31.3 Å². The first-order chi connectivity index (χ1) is 4.79. The third kappa shape index (κ3) is 1.85. The number of carbonyl (C=O) groups excluding carboxylic acids is 1. The number of pyridine rings is 1. The Morgan fingerprint density at radius 1 is 1.60 bits per heavy atom. The summed E-state index contributed by atoms with van der Waals surface area (Å²) in [6.07, 6.45) is 1.54. The normalized spacial score (nSPS) is 8.90. The quantitative estimate of drug-likeness (QED) is 0.536. The molecule has 1 aromatic rings. The second-order valence-corrected chi connectivity index (χ2v) is 1.64. The summed E-state index contributed by atoms with van der Waals surface area (Å²) in [7, 11) is 0. The standard InChI is InChI=1S/C7H6NO2/c1-6(9)10-7-4-2-3-5-8-7/h2-5H,1H2.